The molecule has 1 saturated carbocycles. The van der Waals surface area contributed by atoms with Crippen LogP contribution in [-0.4, -0.2) is 37.1 Å². The van der Waals surface area contributed by atoms with Gasteiger partial charge in [0.2, 0.25) is 5.91 Å². The molecule has 1 fully saturated rings. The van der Waals surface area contributed by atoms with Crippen molar-refractivity contribution >= 4 is 40.8 Å². The first kappa shape index (κ1) is 19.9. The maximum atomic E-state index is 11.9. The van der Waals surface area contributed by atoms with E-state index in [2.05, 4.69) is 15.6 Å². The normalized spacial score (nSPS) is 14.1. The predicted molar refractivity (Wildman–Crippen MR) is 93.6 cm³/mol. The minimum absolute atomic E-state index is 0. The van der Waals surface area contributed by atoms with Gasteiger partial charge in [-0.15, -0.1) is 12.4 Å². The molecule has 0 aliphatic heterocycles. The van der Waals surface area contributed by atoms with Crippen molar-refractivity contribution in [2.75, 3.05) is 25.5 Å². The molecule has 1 heterocycles. The van der Waals surface area contributed by atoms with Gasteiger partial charge in [0.15, 0.2) is 5.13 Å². The van der Waals surface area contributed by atoms with E-state index in [0.717, 1.165) is 23.8 Å². The summed E-state index contributed by atoms with van der Waals surface area (Å²) in [4.78, 5) is 28.6. The van der Waals surface area contributed by atoms with Crippen molar-refractivity contribution in [1.29, 1.82) is 0 Å². The van der Waals surface area contributed by atoms with Gasteiger partial charge in [-0.05, 0) is 25.3 Å². The van der Waals surface area contributed by atoms with E-state index in [1.54, 1.807) is 0 Å². The van der Waals surface area contributed by atoms with Crippen LogP contribution in [0.2, 0.25) is 0 Å². The number of esters is 1. The van der Waals surface area contributed by atoms with Crippen molar-refractivity contribution in [3.63, 3.8) is 0 Å². The van der Waals surface area contributed by atoms with Gasteiger partial charge in [0, 0.05) is 5.41 Å². The molecule has 0 spiro atoms. The highest BCUT2D eigenvalue weighted by Crippen LogP contribution is 2.32. The zero-order valence-electron chi connectivity index (χ0n) is 13.9. The summed E-state index contributed by atoms with van der Waals surface area (Å²) in [6.45, 7) is 7.05. The highest BCUT2D eigenvalue weighted by atomic mass is 35.5. The lowest BCUT2D eigenvalue weighted by molar-refractivity contribution is -0.115. The largest absolute Gasteiger partial charge is 0.465 e. The number of aromatic nitrogens is 1. The van der Waals surface area contributed by atoms with E-state index >= 15 is 0 Å². The fraction of sp³-hybridized carbons (Fsp3) is 0.667. The number of methoxy groups -OCH3 is 1. The Morgan fingerprint density at radius 1 is 1.35 bits per heavy atom. The van der Waals surface area contributed by atoms with Gasteiger partial charge in [-0.25, -0.2) is 9.78 Å². The number of nitrogens with one attached hydrogen (secondary N) is 2. The molecule has 1 aliphatic rings. The molecule has 0 radical (unpaired) electrons. The molecule has 1 aromatic rings. The van der Waals surface area contributed by atoms with Crippen LogP contribution in [0.4, 0.5) is 5.13 Å². The second-order valence-corrected chi connectivity index (χ2v) is 7.56. The van der Waals surface area contributed by atoms with Crippen LogP contribution in [-0.2, 0) is 14.9 Å². The number of ether oxygens (including phenoxy) is 1. The molecule has 130 valence electrons. The van der Waals surface area contributed by atoms with Crippen LogP contribution in [0.25, 0.3) is 0 Å². The highest BCUT2D eigenvalue weighted by Gasteiger charge is 2.28. The minimum atomic E-state index is -0.421. The Balaban J connectivity index is 0.00000264. The third-order valence-electron chi connectivity index (χ3n) is 3.37. The topological polar surface area (TPSA) is 80.3 Å². The van der Waals surface area contributed by atoms with Crippen LogP contribution in [0.1, 0.15) is 49.0 Å². The van der Waals surface area contributed by atoms with E-state index in [1.807, 2.05) is 20.8 Å². The number of rotatable bonds is 6. The molecule has 6 nitrogen and oxygen atoms in total. The van der Waals surface area contributed by atoms with E-state index < -0.39 is 5.97 Å². The predicted octanol–water partition coefficient (Wildman–Crippen LogP) is 2.59. The summed E-state index contributed by atoms with van der Waals surface area (Å²) >= 11 is 1.15. The van der Waals surface area contributed by atoms with Gasteiger partial charge < -0.3 is 15.4 Å². The van der Waals surface area contributed by atoms with Crippen LogP contribution in [0.3, 0.4) is 0 Å². The molecular weight excluding hydrogens is 338 g/mol. The smallest absolute Gasteiger partial charge is 0.350 e. The summed E-state index contributed by atoms with van der Waals surface area (Å²) in [6, 6.07) is 0. The Morgan fingerprint density at radius 2 is 2.00 bits per heavy atom. The molecule has 1 amide bonds. The number of carbonyl (C=O) groups is 2. The Morgan fingerprint density at radius 3 is 2.52 bits per heavy atom. The van der Waals surface area contributed by atoms with Crippen LogP contribution in [0.5, 0.6) is 0 Å². The second-order valence-electron chi connectivity index (χ2n) is 6.56. The van der Waals surface area contributed by atoms with Crippen molar-refractivity contribution in [2.45, 2.75) is 39.0 Å². The van der Waals surface area contributed by atoms with E-state index in [-0.39, 0.29) is 30.3 Å². The van der Waals surface area contributed by atoms with Crippen LogP contribution in [0.15, 0.2) is 0 Å². The molecule has 0 bridgehead atoms. The van der Waals surface area contributed by atoms with Crippen molar-refractivity contribution in [2.24, 2.45) is 5.92 Å². The lowest BCUT2D eigenvalue weighted by Crippen LogP contribution is -2.29. The number of thiazole rings is 1. The van der Waals surface area contributed by atoms with Crippen LogP contribution < -0.4 is 10.6 Å². The summed E-state index contributed by atoms with van der Waals surface area (Å²) in [6.07, 6.45) is 2.50. The third-order valence-corrected chi connectivity index (χ3v) is 4.32. The lowest BCUT2D eigenvalue weighted by atomic mass is 9.91. The highest BCUT2D eigenvalue weighted by molar-refractivity contribution is 7.17. The van der Waals surface area contributed by atoms with E-state index in [9.17, 15) is 9.59 Å². The average molecular weight is 362 g/mol. The van der Waals surface area contributed by atoms with Crippen molar-refractivity contribution in [3.05, 3.63) is 10.6 Å². The Bertz CT molecular complexity index is 565. The van der Waals surface area contributed by atoms with Gasteiger partial charge >= 0.3 is 5.97 Å². The Hall–Kier alpha value is -1.18. The molecule has 23 heavy (non-hydrogen) atoms. The van der Waals surface area contributed by atoms with Crippen molar-refractivity contribution in [1.82, 2.24) is 10.3 Å². The zero-order valence-corrected chi connectivity index (χ0v) is 15.5. The zero-order chi connectivity index (χ0) is 16.3. The first-order valence-corrected chi connectivity index (χ1v) is 8.23. The molecule has 1 aromatic heterocycles. The molecule has 2 N–H and O–H groups in total. The van der Waals surface area contributed by atoms with Gasteiger partial charge in [-0.3, -0.25) is 4.79 Å². The summed E-state index contributed by atoms with van der Waals surface area (Å²) in [7, 11) is 1.34. The van der Waals surface area contributed by atoms with Gasteiger partial charge in [0.25, 0.3) is 0 Å². The Labute approximate surface area is 146 Å². The maximum Gasteiger partial charge on any atom is 0.350 e. The van der Waals surface area contributed by atoms with Crippen molar-refractivity contribution < 1.29 is 14.3 Å². The van der Waals surface area contributed by atoms with E-state index in [1.165, 1.54) is 20.0 Å². The molecule has 8 heteroatoms. The van der Waals surface area contributed by atoms with Gasteiger partial charge in [-0.1, -0.05) is 32.1 Å². The van der Waals surface area contributed by atoms with E-state index in [0.29, 0.717) is 15.7 Å². The summed E-state index contributed by atoms with van der Waals surface area (Å²) in [5.74, 6) is 0.159. The van der Waals surface area contributed by atoms with Gasteiger partial charge in [-0.2, -0.15) is 0 Å². The summed E-state index contributed by atoms with van der Waals surface area (Å²) in [5.41, 5.74) is 0.346. The number of hydrogen-bond acceptors (Lipinski definition) is 6. The second kappa shape index (κ2) is 8.08. The lowest BCUT2D eigenvalue weighted by Gasteiger charge is -2.16. The Kier molecular flexibility index (Phi) is 6.98. The third kappa shape index (κ3) is 5.75. The molecule has 0 atom stereocenters. The van der Waals surface area contributed by atoms with Gasteiger partial charge in [0.1, 0.15) is 4.88 Å². The number of halogens is 1. The van der Waals surface area contributed by atoms with E-state index in [4.69, 9.17) is 4.74 Å². The number of nitrogens with zero attached hydrogens (tertiary/aromatic N) is 1. The molecule has 0 saturated heterocycles. The molecule has 2 rings (SSSR count). The van der Waals surface area contributed by atoms with Crippen LogP contribution in [0, 0.1) is 5.92 Å². The number of carbonyl (C=O) groups excluding carboxylic acids is 2. The first-order chi connectivity index (χ1) is 10.3. The SMILES string of the molecule is COC(=O)c1sc(NC(=O)CNCC2CC2)nc1C(C)(C)C.Cl. The summed E-state index contributed by atoms with van der Waals surface area (Å²) in [5, 5.41) is 6.31. The number of hydrogen-bond donors (Lipinski definition) is 2. The maximum absolute atomic E-state index is 11.9. The fourth-order valence-electron chi connectivity index (χ4n) is 1.99. The minimum Gasteiger partial charge on any atom is -0.465 e. The average Bonchev–Trinajstić information content (AvgIpc) is 3.15. The fourth-order valence-corrected chi connectivity index (χ4v) is 3.10. The molecule has 0 aromatic carbocycles. The standard InChI is InChI=1S/C15H23N3O3S.ClH/c1-15(2,3)12-11(13(20)21-4)22-14(18-12)17-10(19)8-16-7-9-5-6-9;/h9,16H,5-8H2,1-4H3,(H,17,18,19);1H. The quantitative estimate of drug-likeness (QED) is 0.761. The molecular formula is C15H24ClN3O3S. The van der Waals surface area contributed by atoms with Crippen molar-refractivity contribution in [3.8, 4) is 0 Å². The first-order valence-electron chi connectivity index (χ1n) is 7.41. The van der Waals surface area contributed by atoms with Crippen LogP contribution >= 0.6 is 23.7 Å². The van der Waals surface area contributed by atoms with Gasteiger partial charge in [0.05, 0.1) is 19.3 Å². The summed E-state index contributed by atoms with van der Waals surface area (Å²) < 4.78 is 4.80. The molecule has 0 unspecified atom stereocenters. The number of anilines is 1. The monoisotopic (exact) mass is 361 g/mol. The molecule has 1 aliphatic carbocycles. The number of amides is 1.